The number of benzene rings is 1. The summed E-state index contributed by atoms with van der Waals surface area (Å²) in [6.07, 6.45) is 4.46. The average Bonchev–Trinajstić information content (AvgIpc) is 3.06. The van der Waals surface area contributed by atoms with Crippen molar-refractivity contribution < 1.29 is 9.84 Å². The van der Waals surface area contributed by atoms with Crippen LogP contribution in [-0.4, -0.2) is 61.3 Å². The molecule has 0 spiro atoms. The number of hydrogen-bond donors (Lipinski definition) is 1. The van der Waals surface area contributed by atoms with E-state index >= 15 is 0 Å². The lowest BCUT2D eigenvalue weighted by atomic mass is 10.0. The van der Waals surface area contributed by atoms with Gasteiger partial charge in [-0.15, -0.1) is 0 Å². The quantitative estimate of drug-likeness (QED) is 0.833. The molecule has 0 aliphatic heterocycles. The Morgan fingerprint density at radius 3 is 2.38 bits per heavy atom. The van der Waals surface area contributed by atoms with Crippen LogP contribution in [0, 0.1) is 11.8 Å². The lowest BCUT2D eigenvalue weighted by molar-refractivity contribution is 0.157. The van der Waals surface area contributed by atoms with Crippen molar-refractivity contribution in [2.24, 2.45) is 11.8 Å². The van der Waals surface area contributed by atoms with Crippen molar-refractivity contribution >= 4 is 0 Å². The third kappa shape index (κ3) is 4.29. The summed E-state index contributed by atoms with van der Waals surface area (Å²) in [6, 6.07) is 9.05. The molecule has 4 nitrogen and oxygen atoms in total. The van der Waals surface area contributed by atoms with E-state index in [0.717, 1.165) is 50.1 Å². The molecule has 3 rings (SSSR count). The maximum atomic E-state index is 9.82. The molecule has 134 valence electrons. The molecular weight excluding hydrogens is 300 g/mol. The minimum absolute atomic E-state index is 0.0444. The molecule has 0 amide bonds. The SMILES string of the molecule is CN(C)CCOc1ccccc1CN(C)C1C[C@H]2CC(O)C[C@H]2C1. The fraction of sp³-hybridized carbons (Fsp3) is 0.700. The zero-order valence-electron chi connectivity index (χ0n) is 15.3. The number of hydrogen-bond acceptors (Lipinski definition) is 4. The molecule has 4 heteroatoms. The van der Waals surface area contributed by atoms with E-state index in [1.807, 2.05) is 0 Å². The number of nitrogens with zero attached hydrogens (tertiary/aromatic N) is 2. The Balaban J connectivity index is 1.56. The Morgan fingerprint density at radius 1 is 1.04 bits per heavy atom. The summed E-state index contributed by atoms with van der Waals surface area (Å²) in [5, 5.41) is 9.82. The molecule has 1 N–H and O–H groups in total. The Kier molecular flexibility index (Phi) is 5.80. The first-order valence-electron chi connectivity index (χ1n) is 9.26. The van der Waals surface area contributed by atoms with Crippen molar-refractivity contribution in [2.45, 2.75) is 44.4 Å². The van der Waals surface area contributed by atoms with Crippen LogP contribution in [0.5, 0.6) is 5.75 Å². The summed E-state index contributed by atoms with van der Waals surface area (Å²) in [6.45, 7) is 2.59. The fourth-order valence-corrected chi connectivity index (χ4v) is 4.42. The number of likely N-dealkylation sites (N-methyl/N-ethyl adjacent to an activating group) is 1. The van der Waals surface area contributed by atoms with Crippen molar-refractivity contribution in [1.82, 2.24) is 9.80 Å². The second-order valence-corrected chi connectivity index (χ2v) is 7.95. The lowest BCUT2D eigenvalue weighted by Gasteiger charge is -2.26. The second-order valence-electron chi connectivity index (χ2n) is 7.95. The van der Waals surface area contributed by atoms with Gasteiger partial charge in [-0.2, -0.15) is 0 Å². The van der Waals surface area contributed by atoms with Gasteiger partial charge in [-0.1, -0.05) is 18.2 Å². The van der Waals surface area contributed by atoms with Gasteiger partial charge in [0.2, 0.25) is 0 Å². The normalized spacial score (nSPS) is 29.4. The maximum Gasteiger partial charge on any atom is 0.123 e. The molecule has 4 atom stereocenters. The van der Waals surface area contributed by atoms with Crippen LogP contribution in [0.2, 0.25) is 0 Å². The van der Waals surface area contributed by atoms with Gasteiger partial charge < -0.3 is 14.7 Å². The van der Waals surface area contributed by atoms with E-state index < -0.39 is 0 Å². The molecule has 0 heterocycles. The molecule has 0 aromatic heterocycles. The fourth-order valence-electron chi connectivity index (χ4n) is 4.42. The smallest absolute Gasteiger partial charge is 0.123 e. The third-order valence-electron chi connectivity index (χ3n) is 5.78. The first-order valence-corrected chi connectivity index (χ1v) is 9.26. The first kappa shape index (κ1) is 17.7. The van der Waals surface area contributed by atoms with Crippen LogP contribution in [0.15, 0.2) is 24.3 Å². The van der Waals surface area contributed by atoms with Gasteiger partial charge in [-0.3, -0.25) is 4.90 Å². The predicted molar refractivity (Wildman–Crippen MR) is 97.2 cm³/mol. The highest BCUT2D eigenvalue weighted by molar-refractivity contribution is 5.33. The van der Waals surface area contributed by atoms with Crippen molar-refractivity contribution in [3.63, 3.8) is 0 Å². The second kappa shape index (κ2) is 7.85. The van der Waals surface area contributed by atoms with Crippen LogP contribution in [0.3, 0.4) is 0 Å². The van der Waals surface area contributed by atoms with Gasteiger partial charge in [-0.25, -0.2) is 0 Å². The summed E-state index contributed by atoms with van der Waals surface area (Å²) in [5.74, 6) is 2.48. The Hall–Kier alpha value is -1.10. The van der Waals surface area contributed by atoms with Crippen LogP contribution in [0.4, 0.5) is 0 Å². The number of ether oxygens (including phenoxy) is 1. The summed E-state index contributed by atoms with van der Waals surface area (Å²) in [5.41, 5.74) is 1.27. The number of aliphatic hydroxyl groups excluding tert-OH is 1. The number of para-hydroxylation sites is 1. The number of fused-ring (bicyclic) bond motifs is 1. The van der Waals surface area contributed by atoms with Crippen LogP contribution in [0.25, 0.3) is 0 Å². The van der Waals surface area contributed by atoms with Gasteiger partial charge in [-0.05, 0) is 64.7 Å². The van der Waals surface area contributed by atoms with E-state index in [2.05, 4.69) is 55.2 Å². The molecule has 24 heavy (non-hydrogen) atoms. The van der Waals surface area contributed by atoms with Crippen LogP contribution in [-0.2, 0) is 6.54 Å². The van der Waals surface area contributed by atoms with E-state index in [9.17, 15) is 5.11 Å². The molecule has 1 aromatic rings. The number of aliphatic hydroxyl groups is 1. The van der Waals surface area contributed by atoms with Gasteiger partial charge in [0.15, 0.2) is 0 Å². The highest BCUT2D eigenvalue weighted by Gasteiger charge is 2.42. The van der Waals surface area contributed by atoms with Crippen LogP contribution in [0.1, 0.15) is 31.2 Å². The van der Waals surface area contributed by atoms with Gasteiger partial charge in [0, 0.05) is 24.7 Å². The lowest BCUT2D eigenvalue weighted by Crippen LogP contribution is -2.30. The highest BCUT2D eigenvalue weighted by atomic mass is 16.5. The summed E-state index contributed by atoms with van der Waals surface area (Å²) < 4.78 is 6.00. The first-order chi connectivity index (χ1) is 11.5. The molecule has 1 aromatic carbocycles. The Morgan fingerprint density at radius 2 is 1.71 bits per heavy atom. The standard InChI is InChI=1S/C20H32N2O2/c1-21(2)8-9-24-20-7-5-4-6-15(20)14-22(3)18-10-16-12-19(23)13-17(16)11-18/h4-7,16-19,23H,8-14H2,1-3H3/t16-,17+,18?,19?. The van der Waals surface area contributed by atoms with E-state index in [1.165, 1.54) is 18.4 Å². The van der Waals surface area contributed by atoms with Crippen molar-refractivity contribution in [3.05, 3.63) is 29.8 Å². The van der Waals surface area contributed by atoms with E-state index in [0.29, 0.717) is 6.04 Å². The van der Waals surface area contributed by atoms with Crippen molar-refractivity contribution in [3.8, 4) is 5.75 Å². The van der Waals surface area contributed by atoms with Gasteiger partial charge in [0.25, 0.3) is 0 Å². The van der Waals surface area contributed by atoms with Crippen molar-refractivity contribution in [1.29, 1.82) is 0 Å². The summed E-state index contributed by atoms with van der Waals surface area (Å²) in [4.78, 5) is 4.62. The minimum atomic E-state index is -0.0444. The molecular formula is C20H32N2O2. The minimum Gasteiger partial charge on any atom is -0.492 e. The zero-order chi connectivity index (χ0) is 17.1. The molecule has 2 saturated carbocycles. The molecule has 0 radical (unpaired) electrons. The van der Waals surface area contributed by atoms with E-state index in [-0.39, 0.29) is 6.10 Å². The molecule has 2 unspecified atom stereocenters. The Bertz CT molecular complexity index is 520. The van der Waals surface area contributed by atoms with E-state index in [4.69, 9.17) is 4.74 Å². The molecule has 2 aliphatic carbocycles. The van der Waals surface area contributed by atoms with Crippen LogP contribution < -0.4 is 4.74 Å². The molecule has 2 aliphatic rings. The predicted octanol–water partition coefficient (Wildman–Crippen LogP) is 2.61. The Labute approximate surface area is 146 Å². The molecule has 2 fully saturated rings. The third-order valence-corrected chi connectivity index (χ3v) is 5.78. The average molecular weight is 332 g/mol. The monoisotopic (exact) mass is 332 g/mol. The number of rotatable bonds is 7. The topological polar surface area (TPSA) is 35.9 Å². The molecule has 0 saturated heterocycles. The summed E-state index contributed by atoms with van der Waals surface area (Å²) in [7, 11) is 6.37. The van der Waals surface area contributed by atoms with Crippen LogP contribution >= 0.6 is 0 Å². The zero-order valence-corrected chi connectivity index (χ0v) is 15.3. The largest absolute Gasteiger partial charge is 0.492 e. The van der Waals surface area contributed by atoms with Gasteiger partial charge in [0.05, 0.1) is 6.10 Å². The van der Waals surface area contributed by atoms with E-state index in [1.54, 1.807) is 0 Å². The van der Waals surface area contributed by atoms with Gasteiger partial charge >= 0.3 is 0 Å². The van der Waals surface area contributed by atoms with Crippen molar-refractivity contribution in [2.75, 3.05) is 34.3 Å². The van der Waals surface area contributed by atoms with Gasteiger partial charge in [0.1, 0.15) is 12.4 Å². The highest BCUT2D eigenvalue weighted by Crippen LogP contribution is 2.45. The maximum absolute atomic E-state index is 9.82. The summed E-state index contributed by atoms with van der Waals surface area (Å²) >= 11 is 0. The molecule has 0 bridgehead atoms.